The average molecular weight is 316 g/mol. The van der Waals surface area contributed by atoms with E-state index in [0.717, 1.165) is 19.0 Å². The largest absolute Gasteiger partial charge is 0.396 e. The quantitative estimate of drug-likeness (QED) is 0.838. The molecule has 2 aliphatic rings. The number of aliphatic hydroxyl groups is 1. The lowest BCUT2D eigenvalue weighted by molar-refractivity contribution is 0.0296. The summed E-state index contributed by atoms with van der Waals surface area (Å²) in [6.07, 6.45) is 8.88. The van der Waals surface area contributed by atoms with Crippen LogP contribution in [0.4, 0.5) is 0 Å². The van der Waals surface area contributed by atoms with Crippen molar-refractivity contribution in [1.29, 1.82) is 0 Å². The highest BCUT2D eigenvalue weighted by Crippen LogP contribution is 2.27. The fraction of sp³-hybridized carbons (Fsp3) is 0.700. The summed E-state index contributed by atoms with van der Waals surface area (Å²) >= 11 is 0. The van der Waals surface area contributed by atoms with Crippen molar-refractivity contribution in [3.8, 4) is 0 Å². The molecule has 0 radical (unpaired) electrons. The SMILES string of the molecule is OCCC1CN(CCCc2ccccc2)CCN1C1CCCC1. The van der Waals surface area contributed by atoms with Crippen LogP contribution in [0.15, 0.2) is 30.3 Å². The molecule has 3 rings (SSSR count). The van der Waals surface area contributed by atoms with Gasteiger partial charge in [0.2, 0.25) is 0 Å². The molecule has 1 heterocycles. The minimum atomic E-state index is 0.325. The molecule has 128 valence electrons. The van der Waals surface area contributed by atoms with E-state index < -0.39 is 0 Å². The molecule has 1 N–H and O–H groups in total. The maximum atomic E-state index is 9.44. The first-order valence-corrected chi connectivity index (χ1v) is 9.49. The summed E-state index contributed by atoms with van der Waals surface area (Å²) in [6.45, 7) is 5.06. The van der Waals surface area contributed by atoms with E-state index in [1.807, 2.05) is 0 Å². The Hall–Kier alpha value is -0.900. The average Bonchev–Trinajstić information content (AvgIpc) is 3.11. The minimum Gasteiger partial charge on any atom is -0.396 e. The first-order valence-electron chi connectivity index (χ1n) is 9.49. The third-order valence-corrected chi connectivity index (χ3v) is 5.65. The van der Waals surface area contributed by atoms with Gasteiger partial charge in [-0.05, 0) is 44.2 Å². The van der Waals surface area contributed by atoms with Crippen LogP contribution in [-0.4, -0.2) is 59.8 Å². The van der Waals surface area contributed by atoms with Crippen LogP contribution >= 0.6 is 0 Å². The number of aliphatic hydroxyl groups excluding tert-OH is 1. The van der Waals surface area contributed by atoms with E-state index in [1.165, 1.54) is 63.7 Å². The van der Waals surface area contributed by atoms with Crippen LogP contribution in [0.25, 0.3) is 0 Å². The predicted octanol–water partition coefficient (Wildman–Crippen LogP) is 2.93. The van der Waals surface area contributed by atoms with Crippen LogP contribution in [0.3, 0.4) is 0 Å². The van der Waals surface area contributed by atoms with Gasteiger partial charge in [0.15, 0.2) is 0 Å². The second-order valence-electron chi connectivity index (χ2n) is 7.23. The highest BCUT2D eigenvalue weighted by molar-refractivity contribution is 5.14. The molecule has 0 spiro atoms. The maximum Gasteiger partial charge on any atom is 0.0446 e. The van der Waals surface area contributed by atoms with Crippen molar-refractivity contribution in [3.05, 3.63) is 35.9 Å². The molecule has 1 aromatic carbocycles. The fourth-order valence-corrected chi connectivity index (χ4v) is 4.41. The van der Waals surface area contributed by atoms with E-state index in [-0.39, 0.29) is 0 Å². The number of hydrogen-bond acceptors (Lipinski definition) is 3. The van der Waals surface area contributed by atoms with Crippen LogP contribution in [-0.2, 0) is 6.42 Å². The summed E-state index contributed by atoms with van der Waals surface area (Å²) in [5.74, 6) is 0. The summed E-state index contributed by atoms with van der Waals surface area (Å²) in [5, 5.41) is 9.44. The van der Waals surface area contributed by atoms with Gasteiger partial charge in [-0.3, -0.25) is 4.90 Å². The van der Waals surface area contributed by atoms with Crippen LogP contribution in [0.5, 0.6) is 0 Å². The molecule has 0 amide bonds. The topological polar surface area (TPSA) is 26.7 Å². The molecular weight excluding hydrogens is 284 g/mol. The van der Waals surface area contributed by atoms with Crippen LogP contribution in [0.2, 0.25) is 0 Å². The lowest BCUT2D eigenvalue weighted by atomic mass is 10.0. The summed E-state index contributed by atoms with van der Waals surface area (Å²) in [7, 11) is 0. The molecule has 1 aromatic rings. The van der Waals surface area contributed by atoms with Crippen LogP contribution < -0.4 is 0 Å². The number of benzene rings is 1. The molecule has 2 fully saturated rings. The van der Waals surface area contributed by atoms with E-state index in [4.69, 9.17) is 0 Å². The normalized spacial score (nSPS) is 24.3. The van der Waals surface area contributed by atoms with Gasteiger partial charge in [-0.2, -0.15) is 0 Å². The van der Waals surface area contributed by atoms with Gasteiger partial charge in [-0.15, -0.1) is 0 Å². The van der Waals surface area contributed by atoms with E-state index in [0.29, 0.717) is 12.6 Å². The maximum absolute atomic E-state index is 9.44. The molecule has 3 nitrogen and oxygen atoms in total. The number of nitrogens with zero attached hydrogens (tertiary/aromatic N) is 2. The van der Waals surface area contributed by atoms with Gasteiger partial charge < -0.3 is 10.0 Å². The van der Waals surface area contributed by atoms with Crippen molar-refractivity contribution in [2.24, 2.45) is 0 Å². The number of hydrogen-bond donors (Lipinski definition) is 1. The minimum absolute atomic E-state index is 0.325. The third-order valence-electron chi connectivity index (χ3n) is 5.65. The van der Waals surface area contributed by atoms with Crippen molar-refractivity contribution in [1.82, 2.24) is 9.80 Å². The molecule has 1 unspecified atom stereocenters. The lowest BCUT2D eigenvalue weighted by Gasteiger charge is -2.44. The molecule has 1 saturated carbocycles. The highest BCUT2D eigenvalue weighted by atomic mass is 16.3. The van der Waals surface area contributed by atoms with Gasteiger partial charge in [0.25, 0.3) is 0 Å². The fourth-order valence-electron chi connectivity index (χ4n) is 4.41. The van der Waals surface area contributed by atoms with Gasteiger partial charge in [0.1, 0.15) is 0 Å². The van der Waals surface area contributed by atoms with E-state index in [1.54, 1.807) is 0 Å². The van der Waals surface area contributed by atoms with Crippen LogP contribution in [0.1, 0.15) is 44.1 Å². The van der Waals surface area contributed by atoms with E-state index in [9.17, 15) is 5.11 Å². The Labute approximate surface area is 141 Å². The molecular formula is C20H32N2O. The van der Waals surface area contributed by atoms with E-state index >= 15 is 0 Å². The lowest BCUT2D eigenvalue weighted by Crippen LogP contribution is -2.56. The standard InChI is InChI=1S/C20H32N2O/c23-16-12-20-17-21(13-6-9-18-7-2-1-3-8-18)14-15-22(20)19-10-4-5-11-19/h1-3,7-8,19-20,23H,4-6,9-17H2. The second kappa shape index (κ2) is 8.81. The Bertz CT molecular complexity index is 444. The Kier molecular flexibility index (Phi) is 6.49. The zero-order chi connectivity index (χ0) is 15.9. The van der Waals surface area contributed by atoms with Gasteiger partial charge in [-0.25, -0.2) is 0 Å². The Morgan fingerprint density at radius 3 is 2.57 bits per heavy atom. The number of aryl methyl sites for hydroxylation is 1. The number of rotatable bonds is 7. The molecule has 1 atom stereocenters. The van der Waals surface area contributed by atoms with Gasteiger partial charge in [0, 0.05) is 38.3 Å². The van der Waals surface area contributed by atoms with Crippen molar-refractivity contribution < 1.29 is 5.11 Å². The van der Waals surface area contributed by atoms with Crippen molar-refractivity contribution in [2.45, 2.75) is 57.0 Å². The molecule has 3 heteroatoms. The summed E-state index contributed by atoms with van der Waals surface area (Å²) in [4.78, 5) is 5.34. The molecule has 0 aromatic heterocycles. The third kappa shape index (κ3) is 4.79. The van der Waals surface area contributed by atoms with Gasteiger partial charge >= 0.3 is 0 Å². The molecule has 1 aliphatic heterocycles. The Morgan fingerprint density at radius 2 is 1.83 bits per heavy atom. The van der Waals surface area contributed by atoms with Crippen molar-refractivity contribution in [2.75, 3.05) is 32.8 Å². The first kappa shape index (κ1) is 16.9. The number of piperazine rings is 1. The zero-order valence-electron chi connectivity index (χ0n) is 14.4. The van der Waals surface area contributed by atoms with E-state index in [2.05, 4.69) is 40.1 Å². The van der Waals surface area contributed by atoms with Gasteiger partial charge in [0.05, 0.1) is 0 Å². The first-order chi connectivity index (χ1) is 11.4. The molecule has 0 bridgehead atoms. The zero-order valence-corrected chi connectivity index (χ0v) is 14.4. The second-order valence-corrected chi connectivity index (χ2v) is 7.23. The molecule has 1 saturated heterocycles. The van der Waals surface area contributed by atoms with Crippen molar-refractivity contribution in [3.63, 3.8) is 0 Å². The Morgan fingerprint density at radius 1 is 1.04 bits per heavy atom. The molecule has 23 heavy (non-hydrogen) atoms. The van der Waals surface area contributed by atoms with Crippen molar-refractivity contribution >= 4 is 0 Å². The summed E-state index contributed by atoms with van der Waals surface area (Å²) in [5.41, 5.74) is 1.45. The summed E-state index contributed by atoms with van der Waals surface area (Å²) in [6, 6.07) is 12.2. The summed E-state index contributed by atoms with van der Waals surface area (Å²) < 4.78 is 0. The van der Waals surface area contributed by atoms with Gasteiger partial charge in [-0.1, -0.05) is 43.2 Å². The molecule has 1 aliphatic carbocycles. The van der Waals surface area contributed by atoms with Crippen LogP contribution in [0, 0.1) is 0 Å². The smallest absolute Gasteiger partial charge is 0.0446 e. The Balaban J connectivity index is 1.46. The monoisotopic (exact) mass is 316 g/mol. The predicted molar refractivity (Wildman–Crippen MR) is 95.7 cm³/mol. The highest BCUT2D eigenvalue weighted by Gasteiger charge is 2.32.